The highest BCUT2D eigenvalue weighted by Crippen LogP contribution is 2.18. The fourth-order valence-electron chi connectivity index (χ4n) is 2.04. The molecule has 0 atom stereocenters. The molecule has 2 aromatic rings. The molecular weight excluding hydrogens is 381 g/mol. The van der Waals surface area contributed by atoms with Crippen LogP contribution in [0.2, 0.25) is 0 Å². The molecule has 2 rings (SSSR count). The Balaban J connectivity index is 1.82. The van der Waals surface area contributed by atoms with Gasteiger partial charge in [-0.3, -0.25) is 4.79 Å². The summed E-state index contributed by atoms with van der Waals surface area (Å²) in [4.78, 5) is 13.3. The smallest absolute Gasteiger partial charge is 0.224 e. The van der Waals surface area contributed by atoms with E-state index >= 15 is 0 Å². The summed E-state index contributed by atoms with van der Waals surface area (Å²) in [6.45, 7) is 4.81. The number of amides is 1. The van der Waals surface area contributed by atoms with Crippen LogP contribution in [0, 0.1) is 16.7 Å². The molecule has 4 heteroatoms. The zero-order valence-electron chi connectivity index (χ0n) is 11.7. The molecule has 1 aromatic heterocycles. The van der Waals surface area contributed by atoms with Gasteiger partial charge in [-0.15, -0.1) is 11.3 Å². The van der Waals surface area contributed by atoms with E-state index in [2.05, 4.69) is 72.1 Å². The van der Waals surface area contributed by atoms with Gasteiger partial charge >= 0.3 is 0 Å². The summed E-state index contributed by atoms with van der Waals surface area (Å²) in [5, 5.41) is 3.00. The largest absolute Gasteiger partial charge is 0.355 e. The van der Waals surface area contributed by atoms with Crippen LogP contribution in [0.5, 0.6) is 0 Å². The molecule has 0 saturated carbocycles. The third-order valence-corrected chi connectivity index (χ3v) is 5.13. The van der Waals surface area contributed by atoms with Crippen molar-refractivity contribution >= 4 is 39.8 Å². The number of carbonyl (C=O) groups excluding carboxylic acids is 1. The Hall–Kier alpha value is -0.880. The van der Waals surface area contributed by atoms with E-state index in [1.54, 1.807) is 11.3 Å². The van der Waals surface area contributed by atoms with Gasteiger partial charge in [0.1, 0.15) is 0 Å². The topological polar surface area (TPSA) is 29.1 Å². The van der Waals surface area contributed by atoms with Crippen LogP contribution in [-0.4, -0.2) is 12.5 Å². The van der Waals surface area contributed by atoms with Crippen LogP contribution < -0.4 is 5.32 Å². The number of benzene rings is 1. The first kappa shape index (κ1) is 15.5. The predicted molar refractivity (Wildman–Crippen MR) is 93.4 cm³/mol. The third kappa shape index (κ3) is 4.59. The van der Waals surface area contributed by atoms with Crippen molar-refractivity contribution in [1.29, 1.82) is 0 Å². The molecule has 2 nitrogen and oxygen atoms in total. The molecule has 0 aliphatic rings. The van der Waals surface area contributed by atoms with Gasteiger partial charge in [-0.25, -0.2) is 0 Å². The molecule has 0 fully saturated rings. The number of carbonyl (C=O) groups is 1. The number of nitrogens with one attached hydrogen (secondary N) is 1. The summed E-state index contributed by atoms with van der Waals surface area (Å²) in [7, 11) is 0. The average Bonchev–Trinajstić information content (AvgIpc) is 2.80. The maximum Gasteiger partial charge on any atom is 0.224 e. The Labute approximate surface area is 137 Å². The molecule has 1 amide bonds. The maximum absolute atomic E-state index is 12.0. The molecule has 20 heavy (non-hydrogen) atoms. The molecule has 1 N–H and O–H groups in total. The fraction of sp³-hybridized carbons (Fsp3) is 0.312. The lowest BCUT2D eigenvalue weighted by atomic mass is 10.0. The van der Waals surface area contributed by atoms with Crippen LogP contribution >= 0.6 is 33.9 Å². The molecule has 0 spiro atoms. The minimum absolute atomic E-state index is 0.102. The molecule has 0 aliphatic heterocycles. The van der Waals surface area contributed by atoms with E-state index in [9.17, 15) is 4.79 Å². The summed E-state index contributed by atoms with van der Waals surface area (Å²) in [5.74, 6) is 0.102. The van der Waals surface area contributed by atoms with Crippen LogP contribution in [0.1, 0.15) is 21.6 Å². The minimum atomic E-state index is 0.102. The molecule has 1 heterocycles. The van der Waals surface area contributed by atoms with Crippen molar-refractivity contribution in [2.75, 3.05) is 6.54 Å². The normalized spacial score (nSPS) is 10.6. The minimum Gasteiger partial charge on any atom is -0.355 e. The van der Waals surface area contributed by atoms with Crippen molar-refractivity contribution in [2.24, 2.45) is 0 Å². The number of halogens is 1. The number of hydrogen-bond donors (Lipinski definition) is 1. The van der Waals surface area contributed by atoms with Crippen molar-refractivity contribution in [1.82, 2.24) is 5.32 Å². The standard InChI is InChI=1S/C16H18INOS/c1-11-3-4-12(2)13(9-11)10-16(19)18-8-7-14-5-6-15(17)20-14/h3-6,9H,7-8,10H2,1-2H3,(H,18,19). The van der Waals surface area contributed by atoms with E-state index < -0.39 is 0 Å². The maximum atomic E-state index is 12.0. The lowest BCUT2D eigenvalue weighted by molar-refractivity contribution is -0.120. The van der Waals surface area contributed by atoms with Gasteiger partial charge in [-0.1, -0.05) is 23.8 Å². The van der Waals surface area contributed by atoms with Gasteiger partial charge < -0.3 is 5.32 Å². The summed E-state index contributed by atoms with van der Waals surface area (Å²) < 4.78 is 1.29. The van der Waals surface area contributed by atoms with E-state index in [1.807, 2.05) is 0 Å². The zero-order chi connectivity index (χ0) is 14.5. The number of rotatable bonds is 5. The summed E-state index contributed by atoms with van der Waals surface area (Å²) in [6, 6.07) is 10.5. The second-order valence-corrected chi connectivity index (χ2v) is 7.98. The molecule has 1 aromatic carbocycles. The van der Waals surface area contributed by atoms with Gasteiger partial charge in [-0.05, 0) is 66.1 Å². The number of thiophene rings is 1. The van der Waals surface area contributed by atoms with Crippen molar-refractivity contribution in [3.8, 4) is 0 Å². The Morgan fingerprint density at radius 1 is 1.25 bits per heavy atom. The first-order chi connectivity index (χ1) is 9.54. The molecule has 0 unspecified atom stereocenters. The van der Waals surface area contributed by atoms with Crippen LogP contribution in [-0.2, 0) is 17.6 Å². The van der Waals surface area contributed by atoms with E-state index in [1.165, 1.54) is 18.9 Å². The molecule has 0 saturated heterocycles. The molecule has 0 radical (unpaired) electrons. The quantitative estimate of drug-likeness (QED) is 0.760. The van der Waals surface area contributed by atoms with Gasteiger partial charge in [0.15, 0.2) is 0 Å². The second kappa shape index (κ2) is 7.22. The monoisotopic (exact) mass is 399 g/mol. The average molecular weight is 399 g/mol. The van der Waals surface area contributed by atoms with Gasteiger partial charge in [0.25, 0.3) is 0 Å². The van der Waals surface area contributed by atoms with E-state index in [4.69, 9.17) is 0 Å². The van der Waals surface area contributed by atoms with Crippen LogP contribution in [0.3, 0.4) is 0 Å². The Morgan fingerprint density at radius 3 is 2.75 bits per heavy atom. The van der Waals surface area contributed by atoms with E-state index in [-0.39, 0.29) is 5.91 Å². The Bertz CT molecular complexity index is 606. The predicted octanol–water partition coefficient (Wildman–Crippen LogP) is 3.87. The van der Waals surface area contributed by atoms with E-state index in [0.29, 0.717) is 13.0 Å². The molecule has 106 valence electrons. The SMILES string of the molecule is Cc1ccc(C)c(CC(=O)NCCc2ccc(I)s2)c1. The Morgan fingerprint density at radius 2 is 2.05 bits per heavy atom. The summed E-state index contributed by atoms with van der Waals surface area (Å²) in [6.07, 6.45) is 1.38. The van der Waals surface area contributed by atoms with Gasteiger partial charge in [0.2, 0.25) is 5.91 Å². The molecule has 0 bridgehead atoms. The van der Waals surface area contributed by atoms with Crippen LogP contribution in [0.25, 0.3) is 0 Å². The van der Waals surface area contributed by atoms with Crippen molar-refractivity contribution in [2.45, 2.75) is 26.7 Å². The second-order valence-electron chi connectivity index (χ2n) is 4.91. The molecular formula is C16H18INOS. The van der Waals surface area contributed by atoms with Gasteiger partial charge in [0.05, 0.1) is 9.30 Å². The van der Waals surface area contributed by atoms with E-state index in [0.717, 1.165) is 12.0 Å². The van der Waals surface area contributed by atoms with Crippen LogP contribution in [0.15, 0.2) is 30.3 Å². The highest BCUT2D eigenvalue weighted by Gasteiger charge is 2.06. The number of aryl methyl sites for hydroxylation is 2. The lowest BCUT2D eigenvalue weighted by Gasteiger charge is -2.08. The lowest BCUT2D eigenvalue weighted by Crippen LogP contribution is -2.27. The highest BCUT2D eigenvalue weighted by molar-refractivity contribution is 14.1. The van der Waals surface area contributed by atoms with Crippen molar-refractivity contribution in [3.63, 3.8) is 0 Å². The van der Waals surface area contributed by atoms with Gasteiger partial charge in [-0.2, -0.15) is 0 Å². The zero-order valence-corrected chi connectivity index (χ0v) is 14.7. The van der Waals surface area contributed by atoms with Gasteiger partial charge in [0, 0.05) is 11.4 Å². The van der Waals surface area contributed by atoms with Crippen molar-refractivity contribution < 1.29 is 4.79 Å². The Kier molecular flexibility index (Phi) is 5.60. The molecule has 0 aliphatic carbocycles. The fourth-order valence-corrected chi connectivity index (χ4v) is 3.79. The summed E-state index contributed by atoms with van der Waals surface area (Å²) in [5.41, 5.74) is 3.50. The first-order valence-corrected chi connectivity index (χ1v) is 8.51. The number of hydrogen-bond acceptors (Lipinski definition) is 2. The first-order valence-electron chi connectivity index (χ1n) is 6.61. The summed E-state index contributed by atoms with van der Waals surface area (Å²) >= 11 is 4.10. The van der Waals surface area contributed by atoms with Crippen molar-refractivity contribution in [3.05, 3.63) is 54.8 Å². The van der Waals surface area contributed by atoms with Crippen LogP contribution in [0.4, 0.5) is 0 Å². The third-order valence-electron chi connectivity index (χ3n) is 3.18. The highest BCUT2D eigenvalue weighted by atomic mass is 127.